The van der Waals surface area contributed by atoms with E-state index in [1.807, 2.05) is 24.3 Å². The summed E-state index contributed by atoms with van der Waals surface area (Å²) >= 11 is 0. The predicted octanol–water partition coefficient (Wildman–Crippen LogP) is 3.83. The van der Waals surface area contributed by atoms with Gasteiger partial charge in [-0.25, -0.2) is 13.8 Å². The topological polar surface area (TPSA) is 66.6 Å². The number of phenols is 1. The van der Waals surface area contributed by atoms with Crippen molar-refractivity contribution in [3.8, 4) is 5.75 Å². The molecule has 1 N–H and O–H groups in total. The van der Waals surface area contributed by atoms with Gasteiger partial charge in [-0.15, -0.1) is 0 Å². The van der Waals surface area contributed by atoms with E-state index in [1.165, 1.54) is 4.90 Å². The molecule has 0 radical (unpaired) electrons. The molecule has 5 nitrogen and oxygen atoms in total. The minimum atomic E-state index is -1.07. The number of para-hydroxylation sites is 2. The quantitative estimate of drug-likeness (QED) is 0.756. The van der Waals surface area contributed by atoms with Crippen LogP contribution in [0.2, 0.25) is 0 Å². The molecule has 26 heavy (non-hydrogen) atoms. The first-order chi connectivity index (χ1) is 12.5. The number of phenolic OH excluding ortho intramolecular Hbond substituents is 1. The third-order valence-electron chi connectivity index (χ3n) is 4.62. The van der Waals surface area contributed by atoms with Crippen molar-refractivity contribution >= 4 is 17.0 Å². The molecular weight excluding hydrogens is 342 g/mol. The van der Waals surface area contributed by atoms with Gasteiger partial charge < -0.3 is 14.4 Å². The van der Waals surface area contributed by atoms with Gasteiger partial charge in [0.1, 0.15) is 28.5 Å². The van der Waals surface area contributed by atoms with Crippen molar-refractivity contribution in [2.24, 2.45) is 0 Å². The van der Waals surface area contributed by atoms with E-state index < -0.39 is 28.9 Å². The number of carbonyl (C=O) groups excluding carboxylic acids is 1. The number of oxazole rings is 1. The largest absolute Gasteiger partial charge is 0.507 e. The van der Waals surface area contributed by atoms with Crippen LogP contribution in [0, 0.1) is 11.6 Å². The molecule has 0 unspecified atom stereocenters. The van der Waals surface area contributed by atoms with Crippen LogP contribution in [0.25, 0.3) is 11.1 Å². The molecule has 0 spiro atoms. The Morgan fingerprint density at radius 2 is 2.08 bits per heavy atom. The molecule has 2 heterocycles. The average molecular weight is 358 g/mol. The highest BCUT2D eigenvalue weighted by Crippen LogP contribution is 2.31. The van der Waals surface area contributed by atoms with Crippen molar-refractivity contribution in [2.75, 3.05) is 13.1 Å². The zero-order valence-corrected chi connectivity index (χ0v) is 13.8. The van der Waals surface area contributed by atoms with Crippen molar-refractivity contribution in [1.82, 2.24) is 9.88 Å². The van der Waals surface area contributed by atoms with E-state index in [9.17, 15) is 18.7 Å². The predicted molar refractivity (Wildman–Crippen MR) is 89.9 cm³/mol. The Bertz CT molecular complexity index is 930. The Kier molecular flexibility index (Phi) is 4.06. The SMILES string of the molecule is O=C(c1c(O)cc(F)cc1F)N1CCC[C@H](c2nc3ccccc3o2)C1. The van der Waals surface area contributed by atoms with E-state index in [0.29, 0.717) is 37.1 Å². The molecule has 3 aromatic rings. The first-order valence-corrected chi connectivity index (χ1v) is 8.35. The minimum absolute atomic E-state index is 0.120. The lowest BCUT2D eigenvalue weighted by atomic mass is 9.97. The first kappa shape index (κ1) is 16.5. The Morgan fingerprint density at radius 1 is 1.27 bits per heavy atom. The summed E-state index contributed by atoms with van der Waals surface area (Å²) in [6.45, 7) is 0.716. The smallest absolute Gasteiger partial charge is 0.260 e. The molecule has 1 aromatic heterocycles. The molecule has 1 amide bonds. The van der Waals surface area contributed by atoms with Crippen LogP contribution < -0.4 is 0 Å². The van der Waals surface area contributed by atoms with Crippen molar-refractivity contribution in [3.05, 3.63) is 59.5 Å². The molecule has 1 atom stereocenters. The summed E-state index contributed by atoms with van der Waals surface area (Å²) in [6.07, 6.45) is 1.48. The van der Waals surface area contributed by atoms with Crippen molar-refractivity contribution < 1.29 is 23.1 Å². The van der Waals surface area contributed by atoms with Gasteiger partial charge in [-0.1, -0.05) is 12.1 Å². The number of fused-ring (bicyclic) bond motifs is 1. The Balaban J connectivity index is 1.59. The van der Waals surface area contributed by atoms with Crippen LogP contribution >= 0.6 is 0 Å². The maximum absolute atomic E-state index is 14.0. The molecule has 0 aliphatic carbocycles. The number of hydrogen-bond acceptors (Lipinski definition) is 4. The van der Waals surface area contributed by atoms with Gasteiger partial charge in [0, 0.05) is 25.2 Å². The molecule has 134 valence electrons. The second-order valence-electron chi connectivity index (χ2n) is 6.39. The number of likely N-dealkylation sites (tertiary alicyclic amines) is 1. The lowest BCUT2D eigenvalue weighted by Crippen LogP contribution is -2.39. The van der Waals surface area contributed by atoms with Gasteiger partial charge in [0.25, 0.3) is 5.91 Å². The average Bonchev–Trinajstić information content (AvgIpc) is 3.05. The highest BCUT2D eigenvalue weighted by atomic mass is 19.1. The summed E-state index contributed by atoms with van der Waals surface area (Å²) in [7, 11) is 0. The van der Waals surface area contributed by atoms with Crippen LogP contribution in [0.3, 0.4) is 0 Å². The molecule has 4 rings (SSSR count). The van der Waals surface area contributed by atoms with Gasteiger partial charge >= 0.3 is 0 Å². The van der Waals surface area contributed by atoms with Gasteiger partial charge in [0.2, 0.25) is 0 Å². The van der Waals surface area contributed by atoms with Crippen LogP contribution in [0.4, 0.5) is 8.78 Å². The number of piperidine rings is 1. The van der Waals surface area contributed by atoms with Crippen molar-refractivity contribution in [1.29, 1.82) is 0 Å². The second-order valence-corrected chi connectivity index (χ2v) is 6.39. The molecule has 7 heteroatoms. The van der Waals surface area contributed by atoms with Gasteiger partial charge in [-0.2, -0.15) is 0 Å². The molecule has 1 aliphatic heterocycles. The molecule has 1 fully saturated rings. The fourth-order valence-corrected chi connectivity index (χ4v) is 3.36. The lowest BCUT2D eigenvalue weighted by Gasteiger charge is -2.31. The minimum Gasteiger partial charge on any atom is -0.507 e. The van der Waals surface area contributed by atoms with Crippen LogP contribution in [-0.2, 0) is 0 Å². The number of aromatic nitrogens is 1. The Morgan fingerprint density at radius 3 is 2.85 bits per heavy atom. The van der Waals surface area contributed by atoms with Crippen LogP contribution in [-0.4, -0.2) is 34.0 Å². The molecule has 0 bridgehead atoms. The number of rotatable bonds is 2. The number of carbonyl (C=O) groups is 1. The third-order valence-corrected chi connectivity index (χ3v) is 4.62. The summed E-state index contributed by atoms with van der Waals surface area (Å²) in [6, 6.07) is 8.72. The molecular formula is C19H16F2N2O3. The van der Waals surface area contributed by atoms with E-state index in [4.69, 9.17) is 4.42 Å². The molecule has 1 saturated heterocycles. The van der Waals surface area contributed by atoms with Crippen LogP contribution in [0.15, 0.2) is 40.8 Å². The van der Waals surface area contributed by atoms with Gasteiger partial charge in [0.05, 0.1) is 5.92 Å². The maximum Gasteiger partial charge on any atom is 0.260 e. The van der Waals surface area contributed by atoms with Gasteiger partial charge in [-0.05, 0) is 25.0 Å². The number of benzene rings is 2. The zero-order chi connectivity index (χ0) is 18.3. The number of aromatic hydroxyl groups is 1. The second kappa shape index (κ2) is 6.40. The first-order valence-electron chi connectivity index (χ1n) is 8.35. The maximum atomic E-state index is 14.0. The van der Waals surface area contributed by atoms with Gasteiger partial charge in [0.15, 0.2) is 11.5 Å². The van der Waals surface area contributed by atoms with E-state index in [-0.39, 0.29) is 5.92 Å². The number of amides is 1. The fraction of sp³-hybridized carbons (Fsp3) is 0.263. The standard InChI is InChI=1S/C19H16F2N2O3/c20-12-8-13(21)17(15(24)9-12)19(25)23-7-3-4-11(10-23)18-22-14-5-1-2-6-16(14)26-18/h1-2,5-6,8-9,11,24H,3-4,7,10H2/t11-/m0/s1. The van der Waals surface area contributed by atoms with E-state index in [2.05, 4.69) is 4.98 Å². The summed E-state index contributed by atoms with van der Waals surface area (Å²) < 4.78 is 32.9. The summed E-state index contributed by atoms with van der Waals surface area (Å²) in [5, 5.41) is 9.79. The Hall–Kier alpha value is -2.96. The molecule has 0 saturated carbocycles. The van der Waals surface area contributed by atoms with Crippen molar-refractivity contribution in [3.63, 3.8) is 0 Å². The lowest BCUT2D eigenvalue weighted by molar-refractivity contribution is 0.0690. The molecule has 2 aromatic carbocycles. The third kappa shape index (κ3) is 2.89. The normalized spacial score (nSPS) is 17.6. The number of nitrogens with zero attached hydrogens (tertiary/aromatic N) is 2. The Labute approximate surface area is 147 Å². The van der Waals surface area contributed by atoms with E-state index in [1.54, 1.807) is 0 Å². The number of hydrogen-bond donors (Lipinski definition) is 1. The summed E-state index contributed by atoms with van der Waals surface area (Å²) in [4.78, 5) is 18.6. The summed E-state index contributed by atoms with van der Waals surface area (Å²) in [5.74, 6) is -2.95. The van der Waals surface area contributed by atoms with Gasteiger partial charge in [-0.3, -0.25) is 4.79 Å². The van der Waals surface area contributed by atoms with E-state index in [0.717, 1.165) is 18.0 Å². The van der Waals surface area contributed by atoms with Crippen LogP contribution in [0.5, 0.6) is 5.75 Å². The summed E-state index contributed by atoms with van der Waals surface area (Å²) in [5.41, 5.74) is 0.908. The highest BCUT2D eigenvalue weighted by Gasteiger charge is 2.31. The zero-order valence-electron chi connectivity index (χ0n) is 13.8. The monoisotopic (exact) mass is 358 g/mol. The van der Waals surface area contributed by atoms with Crippen LogP contribution in [0.1, 0.15) is 35.0 Å². The van der Waals surface area contributed by atoms with Crippen molar-refractivity contribution in [2.45, 2.75) is 18.8 Å². The fourth-order valence-electron chi connectivity index (χ4n) is 3.36. The van der Waals surface area contributed by atoms with E-state index >= 15 is 0 Å². The number of halogens is 2. The molecule has 1 aliphatic rings. The highest BCUT2D eigenvalue weighted by molar-refractivity contribution is 5.97.